The second kappa shape index (κ2) is 17.9. The van der Waals surface area contributed by atoms with Gasteiger partial charge in [0.25, 0.3) is 0 Å². The van der Waals surface area contributed by atoms with E-state index >= 15 is 0 Å². The van der Waals surface area contributed by atoms with E-state index in [1.807, 2.05) is 6.92 Å². The van der Waals surface area contributed by atoms with E-state index in [0.29, 0.717) is 25.2 Å². The Morgan fingerprint density at radius 3 is 1.69 bits per heavy atom. The van der Waals surface area contributed by atoms with Crippen molar-refractivity contribution in [2.75, 3.05) is 6.61 Å². The third kappa shape index (κ3) is 13.2. The molecule has 1 N–H and O–H groups in total. The molecule has 0 amide bonds. The smallest absolute Gasteiger partial charge is 0.306 e. The van der Waals surface area contributed by atoms with E-state index in [-0.39, 0.29) is 24.3 Å². The molecule has 0 radical (unpaired) electrons. The van der Waals surface area contributed by atoms with Gasteiger partial charge in [-0.2, -0.15) is 0 Å². The largest absolute Gasteiger partial charge is 0.509 e. The van der Waals surface area contributed by atoms with E-state index in [1.165, 1.54) is 33.4 Å². The van der Waals surface area contributed by atoms with Crippen molar-refractivity contribution in [2.24, 2.45) is 0 Å². The summed E-state index contributed by atoms with van der Waals surface area (Å²) in [5, 5.41) is 10.5. The fourth-order valence-electron chi connectivity index (χ4n) is 3.63. The van der Waals surface area contributed by atoms with Crippen LogP contribution in [0.25, 0.3) is 0 Å². The van der Waals surface area contributed by atoms with Crippen LogP contribution in [0.3, 0.4) is 0 Å². The zero-order valence-electron chi connectivity index (χ0n) is 24.0. The van der Waals surface area contributed by atoms with Crippen LogP contribution in [0.5, 0.6) is 0 Å². The predicted molar refractivity (Wildman–Crippen MR) is 149 cm³/mol. The maximum absolute atomic E-state index is 12.0. The summed E-state index contributed by atoms with van der Waals surface area (Å²) in [6, 6.07) is 0. The topological polar surface area (TPSA) is 55.8 Å². The maximum Gasteiger partial charge on any atom is 0.306 e. The molecule has 0 aliphatic heterocycles. The van der Waals surface area contributed by atoms with Gasteiger partial charge in [0.2, 0.25) is 0 Å². The van der Waals surface area contributed by atoms with Gasteiger partial charge in [-0.05, 0) is 94.1 Å². The number of ether oxygens (including phenoxy) is 2. The van der Waals surface area contributed by atoms with Crippen molar-refractivity contribution in [2.45, 2.75) is 114 Å². The normalized spacial score (nSPS) is 14.9. The molecule has 0 aliphatic carbocycles. The quantitative estimate of drug-likeness (QED) is 0.142. The van der Waals surface area contributed by atoms with Gasteiger partial charge in [-0.3, -0.25) is 4.79 Å². The molecule has 0 aromatic heterocycles. The van der Waals surface area contributed by atoms with Crippen LogP contribution < -0.4 is 0 Å². The molecule has 198 valence electrons. The van der Waals surface area contributed by atoms with Gasteiger partial charge in [0.05, 0.1) is 13.0 Å². The van der Waals surface area contributed by atoms with Crippen LogP contribution in [0.15, 0.2) is 69.3 Å². The van der Waals surface area contributed by atoms with Gasteiger partial charge in [0, 0.05) is 12.8 Å². The first-order valence-electron chi connectivity index (χ1n) is 12.9. The van der Waals surface area contributed by atoms with Gasteiger partial charge < -0.3 is 14.6 Å². The van der Waals surface area contributed by atoms with Gasteiger partial charge in [-0.25, -0.2) is 0 Å². The maximum atomic E-state index is 12.0. The Kier molecular flexibility index (Phi) is 16.6. The van der Waals surface area contributed by atoms with Crippen LogP contribution >= 0.6 is 0 Å². The van der Waals surface area contributed by atoms with Crippen molar-refractivity contribution in [1.82, 2.24) is 0 Å². The number of hydrogen-bond acceptors (Lipinski definition) is 4. The summed E-state index contributed by atoms with van der Waals surface area (Å²) in [5.74, 6) is 0.271. The number of hydrogen-bond donors (Lipinski definition) is 1. The molecular weight excluding hydrogens is 436 g/mol. The third-order valence-corrected chi connectivity index (χ3v) is 6.32. The number of aliphatic hydroxyl groups is 1. The van der Waals surface area contributed by atoms with E-state index in [4.69, 9.17) is 9.47 Å². The Labute approximate surface area is 215 Å². The highest BCUT2D eigenvalue weighted by Gasteiger charge is 2.24. The molecule has 1 unspecified atom stereocenters. The molecule has 0 fully saturated rings. The van der Waals surface area contributed by atoms with Gasteiger partial charge in [-0.1, -0.05) is 52.2 Å². The molecule has 1 atom stereocenters. The van der Waals surface area contributed by atoms with E-state index < -0.39 is 0 Å². The van der Waals surface area contributed by atoms with Crippen LogP contribution in [0.1, 0.15) is 108 Å². The number of aliphatic hydroxyl groups excluding tert-OH is 1. The Hall–Kier alpha value is -2.49. The van der Waals surface area contributed by atoms with Crippen molar-refractivity contribution in [3.05, 3.63) is 69.3 Å². The Bertz CT molecular complexity index is 836. The molecule has 0 rings (SSSR count). The molecular formula is C31H50O4. The molecule has 0 spiro atoms. The minimum atomic E-state index is -0.287. The lowest BCUT2D eigenvalue weighted by Crippen LogP contribution is -2.20. The number of carbonyl (C=O) groups is 1. The third-order valence-electron chi connectivity index (χ3n) is 6.32. The molecule has 0 aliphatic rings. The van der Waals surface area contributed by atoms with E-state index in [1.54, 1.807) is 13.8 Å². The Morgan fingerprint density at radius 2 is 1.26 bits per heavy atom. The molecule has 0 saturated carbocycles. The summed E-state index contributed by atoms with van der Waals surface area (Å²) in [6.45, 7) is 20.6. The lowest BCUT2D eigenvalue weighted by atomic mass is 9.86. The number of carbonyl (C=O) groups excluding carboxylic acids is 1. The predicted octanol–water partition coefficient (Wildman–Crippen LogP) is 9.23. The fourth-order valence-corrected chi connectivity index (χ4v) is 3.63. The molecule has 4 heteroatoms. The summed E-state index contributed by atoms with van der Waals surface area (Å²) in [5.41, 5.74) is 7.73. The highest BCUT2D eigenvalue weighted by Crippen LogP contribution is 2.34. The summed E-state index contributed by atoms with van der Waals surface area (Å²) < 4.78 is 11.7. The number of esters is 1. The van der Waals surface area contributed by atoms with Crippen LogP contribution in [0, 0.1) is 0 Å². The highest BCUT2D eigenvalue weighted by molar-refractivity contribution is 5.69. The van der Waals surface area contributed by atoms with Crippen molar-refractivity contribution in [3.63, 3.8) is 0 Å². The average Bonchev–Trinajstić information content (AvgIpc) is 2.83. The first kappa shape index (κ1) is 32.5. The SMILES string of the molecule is C/C=C(/C)CC(C/C(C)=C\C)=C(C/C(C)=C/C)C(C/C(C)=C/C)O/C(CCC(=O)OCC)=C(/C)O. The van der Waals surface area contributed by atoms with Crippen molar-refractivity contribution >= 4 is 5.97 Å². The van der Waals surface area contributed by atoms with E-state index in [9.17, 15) is 9.90 Å². The molecule has 35 heavy (non-hydrogen) atoms. The van der Waals surface area contributed by atoms with Gasteiger partial charge >= 0.3 is 5.97 Å². The van der Waals surface area contributed by atoms with Crippen LogP contribution in [-0.4, -0.2) is 23.8 Å². The molecule has 4 nitrogen and oxygen atoms in total. The number of allylic oxidation sites excluding steroid dienone is 10. The summed E-state index contributed by atoms with van der Waals surface area (Å²) in [7, 11) is 0. The molecule has 0 aromatic carbocycles. The first-order valence-corrected chi connectivity index (χ1v) is 12.9. The molecule has 0 heterocycles. The average molecular weight is 487 g/mol. The Balaban J connectivity index is 6.71. The summed E-state index contributed by atoms with van der Waals surface area (Å²) in [4.78, 5) is 12.0. The minimum Gasteiger partial charge on any atom is -0.509 e. The van der Waals surface area contributed by atoms with E-state index in [0.717, 1.165) is 19.3 Å². The minimum absolute atomic E-state index is 0.107. The number of rotatable bonds is 15. The second-order valence-electron chi connectivity index (χ2n) is 9.32. The molecule has 0 aromatic rings. The fraction of sp³-hybridized carbons (Fsp3) is 0.581. The lowest BCUT2D eigenvalue weighted by Gasteiger charge is -2.28. The first-order chi connectivity index (χ1) is 16.5. The summed E-state index contributed by atoms with van der Waals surface area (Å²) >= 11 is 0. The van der Waals surface area contributed by atoms with Crippen molar-refractivity contribution in [1.29, 1.82) is 0 Å². The molecule has 0 saturated heterocycles. The van der Waals surface area contributed by atoms with Crippen LogP contribution in [-0.2, 0) is 14.3 Å². The van der Waals surface area contributed by atoms with Crippen LogP contribution in [0.4, 0.5) is 0 Å². The van der Waals surface area contributed by atoms with Gasteiger partial charge in [-0.15, -0.1) is 0 Å². The zero-order valence-corrected chi connectivity index (χ0v) is 24.0. The van der Waals surface area contributed by atoms with Gasteiger partial charge in [0.1, 0.15) is 17.6 Å². The van der Waals surface area contributed by atoms with Crippen LogP contribution in [0.2, 0.25) is 0 Å². The monoisotopic (exact) mass is 486 g/mol. The second-order valence-corrected chi connectivity index (χ2v) is 9.32. The summed E-state index contributed by atoms with van der Waals surface area (Å²) in [6.07, 6.45) is 12.1. The van der Waals surface area contributed by atoms with Crippen molar-refractivity contribution < 1.29 is 19.4 Å². The molecule has 0 bridgehead atoms. The zero-order chi connectivity index (χ0) is 27.0. The Morgan fingerprint density at radius 1 is 0.771 bits per heavy atom. The highest BCUT2D eigenvalue weighted by atomic mass is 16.5. The van der Waals surface area contributed by atoms with E-state index in [2.05, 4.69) is 72.8 Å². The lowest BCUT2D eigenvalue weighted by molar-refractivity contribution is -0.143. The van der Waals surface area contributed by atoms with Gasteiger partial charge in [0.15, 0.2) is 0 Å². The standard InChI is InChI=1S/C31H50O4/c1-11-22(6)18-27(19-23(7)12-2)28(20-24(8)13-3)30(21-25(9)14-4)35-29(26(10)32)16-17-31(33)34-15-5/h11-14,30,32H,15-21H2,1-10H3/b22-11-,23-12-,24-13+,25-14+,29-26-. The van der Waals surface area contributed by atoms with Crippen molar-refractivity contribution in [3.8, 4) is 0 Å².